The van der Waals surface area contributed by atoms with Crippen LogP contribution in [0, 0.1) is 11.8 Å². The number of carbonyl (C=O) groups excluding carboxylic acids is 1. The highest BCUT2D eigenvalue weighted by molar-refractivity contribution is 5.84. The summed E-state index contributed by atoms with van der Waals surface area (Å²) in [6.45, 7) is 8.96. The lowest BCUT2D eigenvalue weighted by Gasteiger charge is -2.37. The Morgan fingerprint density at radius 2 is 1.90 bits per heavy atom. The third kappa shape index (κ3) is 3.55. The molecule has 0 spiro atoms. The summed E-state index contributed by atoms with van der Waals surface area (Å²) < 4.78 is 0. The second kappa shape index (κ2) is 6.93. The van der Waals surface area contributed by atoms with Crippen molar-refractivity contribution in [3.05, 3.63) is 0 Å². The fraction of sp³-hybridized carbons (Fsp3) is 0.941. The molecule has 0 bridgehead atoms. The summed E-state index contributed by atoms with van der Waals surface area (Å²) in [6.07, 6.45) is 8.44. The number of nitrogens with one attached hydrogen (secondary N) is 1. The van der Waals surface area contributed by atoms with E-state index in [0.29, 0.717) is 17.9 Å². The number of amides is 1. The van der Waals surface area contributed by atoms with Crippen molar-refractivity contribution in [2.45, 2.75) is 90.9 Å². The molecule has 1 saturated heterocycles. The summed E-state index contributed by atoms with van der Waals surface area (Å²) in [5.41, 5.74) is 0. The molecule has 2 unspecified atom stereocenters. The average molecular weight is 280 g/mol. The second-order valence-corrected chi connectivity index (χ2v) is 7.31. The summed E-state index contributed by atoms with van der Waals surface area (Å²) in [5, 5.41) is 3.61. The van der Waals surface area contributed by atoms with Crippen molar-refractivity contribution in [1.82, 2.24) is 10.2 Å². The lowest BCUT2D eigenvalue weighted by Crippen LogP contribution is -2.46. The Balaban J connectivity index is 2.05. The molecular formula is C17H32N2O. The van der Waals surface area contributed by atoms with Crippen LogP contribution in [-0.2, 0) is 4.79 Å². The maximum Gasteiger partial charge on any atom is 0.241 e. The maximum atomic E-state index is 12.8. The molecule has 0 radical (unpaired) electrons. The van der Waals surface area contributed by atoms with Crippen LogP contribution in [0.5, 0.6) is 0 Å². The number of carbonyl (C=O) groups is 1. The summed E-state index contributed by atoms with van der Waals surface area (Å²) in [5.74, 6) is 1.79. The molecule has 1 amide bonds. The van der Waals surface area contributed by atoms with E-state index in [-0.39, 0.29) is 12.2 Å². The molecule has 1 heterocycles. The van der Waals surface area contributed by atoms with Crippen LogP contribution >= 0.6 is 0 Å². The van der Waals surface area contributed by atoms with Gasteiger partial charge in [0.05, 0.1) is 12.2 Å². The molecule has 3 nitrogen and oxygen atoms in total. The van der Waals surface area contributed by atoms with Gasteiger partial charge >= 0.3 is 0 Å². The van der Waals surface area contributed by atoms with Crippen LogP contribution in [0.1, 0.15) is 72.6 Å². The molecule has 2 fully saturated rings. The highest BCUT2D eigenvalue weighted by atomic mass is 16.2. The highest BCUT2D eigenvalue weighted by Gasteiger charge is 2.42. The Hall–Kier alpha value is -0.570. The van der Waals surface area contributed by atoms with Gasteiger partial charge in [0.1, 0.15) is 0 Å². The van der Waals surface area contributed by atoms with Gasteiger partial charge in [-0.25, -0.2) is 0 Å². The van der Waals surface area contributed by atoms with Gasteiger partial charge in [-0.3, -0.25) is 10.1 Å². The first-order valence-electron chi connectivity index (χ1n) is 8.61. The van der Waals surface area contributed by atoms with Crippen molar-refractivity contribution < 1.29 is 4.79 Å². The molecule has 2 atom stereocenters. The quantitative estimate of drug-likeness (QED) is 0.835. The Kier molecular flexibility index (Phi) is 5.48. The van der Waals surface area contributed by atoms with Gasteiger partial charge in [0, 0.05) is 6.04 Å². The van der Waals surface area contributed by atoms with E-state index in [4.69, 9.17) is 0 Å². The van der Waals surface area contributed by atoms with Gasteiger partial charge in [0.15, 0.2) is 0 Å². The number of nitrogens with zero attached hydrogens (tertiary/aromatic N) is 1. The largest absolute Gasteiger partial charge is 0.323 e. The number of hydrogen-bond acceptors (Lipinski definition) is 2. The van der Waals surface area contributed by atoms with Gasteiger partial charge in [-0.15, -0.1) is 0 Å². The van der Waals surface area contributed by atoms with Crippen molar-refractivity contribution in [2.24, 2.45) is 11.8 Å². The molecule has 0 aromatic carbocycles. The molecule has 1 saturated carbocycles. The zero-order valence-electron chi connectivity index (χ0n) is 13.7. The minimum absolute atomic E-state index is 0.0610. The third-order valence-corrected chi connectivity index (χ3v) is 4.93. The lowest BCUT2D eigenvalue weighted by molar-refractivity contribution is -0.133. The highest BCUT2D eigenvalue weighted by Crippen LogP contribution is 2.32. The van der Waals surface area contributed by atoms with Gasteiger partial charge in [-0.1, -0.05) is 34.1 Å². The van der Waals surface area contributed by atoms with Crippen molar-refractivity contribution in [2.75, 3.05) is 0 Å². The minimum atomic E-state index is 0.0610. The fourth-order valence-corrected chi connectivity index (χ4v) is 3.81. The molecule has 20 heavy (non-hydrogen) atoms. The number of hydrogen-bond donors (Lipinski definition) is 1. The van der Waals surface area contributed by atoms with Crippen molar-refractivity contribution in [3.8, 4) is 0 Å². The van der Waals surface area contributed by atoms with E-state index in [1.807, 2.05) is 0 Å². The Labute approximate surface area is 124 Å². The maximum absolute atomic E-state index is 12.8. The monoisotopic (exact) mass is 280 g/mol. The van der Waals surface area contributed by atoms with Gasteiger partial charge in [-0.05, 0) is 50.4 Å². The average Bonchev–Trinajstić information content (AvgIpc) is 2.67. The van der Waals surface area contributed by atoms with E-state index >= 15 is 0 Å². The fourth-order valence-electron chi connectivity index (χ4n) is 3.81. The molecule has 1 aliphatic heterocycles. The van der Waals surface area contributed by atoms with E-state index in [0.717, 1.165) is 25.2 Å². The standard InChI is InChI=1S/C17H32N2O/c1-5-6-16-18-15(11-12(2)3)17(20)19(16)14-9-7-13(4)8-10-14/h12-16,18H,5-11H2,1-4H3. The van der Waals surface area contributed by atoms with E-state index in [9.17, 15) is 4.79 Å². The minimum Gasteiger partial charge on any atom is -0.323 e. The zero-order valence-corrected chi connectivity index (χ0v) is 13.7. The van der Waals surface area contributed by atoms with E-state index in [2.05, 4.69) is 37.9 Å². The molecule has 116 valence electrons. The third-order valence-electron chi connectivity index (χ3n) is 4.93. The molecule has 0 aromatic rings. The van der Waals surface area contributed by atoms with Crippen LogP contribution in [0.25, 0.3) is 0 Å². The van der Waals surface area contributed by atoms with Gasteiger partial charge in [0.2, 0.25) is 5.91 Å². The predicted molar refractivity (Wildman–Crippen MR) is 83.3 cm³/mol. The summed E-state index contributed by atoms with van der Waals surface area (Å²) >= 11 is 0. The van der Waals surface area contributed by atoms with E-state index in [1.54, 1.807) is 0 Å². The van der Waals surface area contributed by atoms with Crippen LogP contribution in [0.4, 0.5) is 0 Å². The van der Waals surface area contributed by atoms with Crippen LogP contribution in [0.2, 0.25) is 0 Å². The number of rotatable bonds is 5. The molecule has 2 rings (SSSR count). The van der Waals surface area contributed by atoms with Gasteiger partial charge < -0.3 is 4.90 Å². The first-order valence-corrected chi connectivity index (χ1v) is 8.61. The summed E-state index contributed by atoms with van der Waals surface area (Å²) in [4.78, 5) is 15.0. The van der Waals surface area contributed by atoms with Crippen LogP contribution in [-0.4, -0.2) is 29.1 Å². The Bertz CT molecular complexity index is 321. The predicted octanol–water partition coefficient (Wildman–Crippen LogP) is 3.54. The normalized spacial score (nSPS) is 35.0. The van der Waals surface area contributed by atoms with E-state index < -0.39 is 0 Å². The molecule has 3 heteroatoms. The second-order valence-electron chi connectivity index (χ2n) is 7.31. The first kappa shape index (κ1) is 15.8. The molecule has 1 aliphatic carbocycles. The molecule has 2 aliphatic rings. The SMILES string of the molecule is CCCC1NC(CC(C)C)C(=O)N1C1CCC(C)CC1. The van der Waals surface area contributed by atoms with Gasteiger partial charge in [0.25, 0.3) is 0 Å². The van der Waals surface area contributed by atoms with Crippen molar-refractivity contribution in [3.63, 3.8) is 0 Å². The van der Waals surface area contributed by atoms with Crippen LogP contribution in [0.15, 0.2) is 0 Å². The topological polar surface area (TPSA) is 32.3 Å². The lowest BCUT2D eigenvalue weighted by atomic mass is 9.86. The Morgan fingerprint density at radius 1 is 1.25 bits per heavy atom. The van der Waals surface area contributed by atoms with E-state index in [1.165, 1.54) is 25.7 Å². The summed E-state index contributed by atoms with van der Waals surface area (Å²) in [7, 11) is 0. The molecule has 1 N–H and O–H groups in total. The Morgan fingerprint density at radius 3 is 2.45 bits per heavy atom. The molecular weight excluding hydrogens is 248 g/mol. The summed E-state index contributed by atoms with van der Waals surface area (Å²) in [6, 6.07) is 0.547. The van der Waals surface area contributed by atoms with Gasteiger partial charge in [-0.2, -0.15) is 0 Å². The zero-order chi connectivity index (χ0) is 14.7. The van der Waals surface area contributed by atoms with Crippen molar-refractivity contribution in [1.29, 1.82) is 0 Å². The van der Waals surface area contributed by atoms with Crippen LogP contribution < -0.4 is 5.32 Å². The van der Waals surface area contributed by atoms with Crippen LogP contribution in [0.3, 0.4) is 0 Å². The van der Waals surface area contributed by atoms with Crippen molar-refractivity contribution >= 4 is 5.91 Å². The smallest absolute Gasteiger partial charge is 0.241 e. The first-order chi connectivity index (χ1) is 9.52. The molecule has 0 aromatic heterocycles.